The number of phenolic OH excluding ortho intramolecular Hbond substituents is 1. The Balaban J connectivity index is 1.49. The Labute approximate surface area is 222 Å². The fourth-order valence-electron chi connectivity index (χ4n) is 4.19. The Morgan fingerprint density at radius 1 is 0.811 bits per heavy atom. The van der Waals surface area contributed by atoms with Gasteiger partial charge in [-0.15, -0.1) is 0 Å². The minimum atomic E-state index is -0.277. The third kappa shape index (κ3) is 5.96. The lowest BCUT2D eigenvalue weighted by Crippen LogP contribution is -2.02. The van der Waals surface area contributed by atoms with Crippen molar-refractivity contribution < 1.29 is 24.1 Å². The summed E-state index contributed by atoms with van der Waals surface area (Å²) >= 11 is 6.19. The van der Waals surface area contributed by atoms with Crippen LogP contribution in [-0.4, -0.2) is 18.5 Å². The molecular weight excluding hydrogens is 488 g/mol. The lowest BCUT2D eigenvalue weighted by Gasteiger charge is -2.17. The smallest absolute Gasteiger partial charge is 0.153 e. The summed E-state index contributed by atoms with van der Waals surface area (Å²) in [5.41, 5.74) is 7.84. The van der Waals surface area contributed by atoms with Crippen molar-refractivity contribution in [3.63, 3.8) is 0 Å². The van der Waals surface area contributed by atoms with Crippen LogP contribution in [0.25, 0.3) is 11.1 Å². The highest BCUT2D eigenvalue weighted by Gasteiger charge is 2.14. The molecule has 4 aromatic rings. The highest BCUT2D eigenvalue weighted by Crippen LogP contribution is 2.36. The minimum Gasteiger partial charge on any atom is -0.505 e. The molecule has 0 aliphatic rings. The maximum absolute atomic E-state index is 11.0. The number of benzene rings is 4. The number of halogens is 1. The molecule has 6 heteroatoms. The molecule has 1 N–H and O–H groups in total. The molecule has 0 aliphatic heterocycles. The molecule has 0 heterocycles. The number of phenols is 1. The Hall–Kier alpha value is -3.80. The van der Waals surface area contributed by atoms with Crippen molar-refractivity contribution in [1.82, 2.24) is 0 Å². The van der Waals surface area contributed by atoms with E-state index < -0.39 is 0 Å². The average molecular weight is 517 g/mol. The summed E-state index contributed by atoms with van der Waals surface area (Å²) in [5.74, 6) is 0.871. The van der Waals surface area contributed by atoms with Crippen LogP contribution in [0.15, 0.2) is 72.8 Å². The molecule has 0 saturated carbocycles. The second-order valence-corrected chi connectivity index (χ2v) is 9.12. The summed E-state index contributed by atoms with van der Waals surface area (Å²) < 4.78 is 17.1. The van der Waals surface area contributed by atoms with E-state index in [2.05, 4.69) is 32.0 Å². The number of carbonyl (C=O) groups is 1. The Bertz CT molecular complexity index is 1400. The predicted molar refractivity (Wildman–Crippen MR) is 146 cm³/mol. The number of carbonyl (C=O) groups excluding carboxylic acids is 1. The third-order valence-corrected chi connectivity index (χ3v) is 6.85. The van der Waals surface area contributed by atoms with Gasteiger partial charge < -0.3 is 19.3 Å². The Morgan fingerprint density at radius 2 is 1.43 bits per heavy atom. The van der Waals surface area contributed by atoms with Gasteiger partial charge in [0.1, 0.15) is 28.9 Å². The standard InChI is InChI=1S/C31H29ClO5/c1-20-24(18-36-17-22-10-13-26(35-3)14-11-22)6-4-8-27(20)28-9-5-7-25(21(28)2)19-37-29-15-12-23(16-33)31(34)30(29)32/h4-16,34H,17-19H2,1-3H3. The minimum absolute atomic E-state index is 0.0246. The zero-order valence-corrected chi connectivity index (χ0v) is 21.8. The zero-order chi connectivity index (χ0) is 26.4. The van der Waals surface area contributed by atoms with Crippen LogP contribution < -0.4 is 9.47 Å². The van der Waals surface area contributed by atoms with Gasteiger partial charge in [-0.05, 0) is 77.1 Å². The van der Waals surface area contributed by atoms with Crippen LogP contribution in [0.4, 0.5) is 0 Å². The third-order valence-electron chi connectivity index (χ3n) is 6.49. The lowest BCUT2D eigenvalue weighted by atomic mass is 9.92. The van der Waals surface area contributed by atoms with E-state index >= 15 is 0 Å². The lowest BCUT2D eigenvalue weighted by molar-refractivity contribution is 0.107. The number of hydrogen-bond donors (Lipinski definition) is 1. The van der Waals surface area contributed by atoms with E-state index in [9.17, 15) is 9.90 Å². The number of hydrogen-bond acceptors (Lipinski definition) is 5. The first-order valence-corrected chi connectivity index (χ1v) is 12.3. The molecule has 0 radical (unpaired) electrons. The number of rotatable bonds is 10. The molecule has 0 aromatic heterocycles. The fraction of sp³-hybridized carbons (Fsp3) is 0.194. The van der Waals surface area contributed by atoms with E-state index in [4.69, 9.17) is 25.8 Å². The van der Waals surface area contributed by atoms with E-state index in [0.717, 1.165) is 44.7 Å². The topological polar surface area (TPSA) is 65.0 Å². The number of aromatic hydroxyl groups is 1. The van der Waals surface area contributed by atoms with Gasteiger partial charge in [-0.3, -0.25) is 4.79 Å². The monoisotopic (exact) mass is 516 g/mol. The largest absolute Gasteiger partial charge is 0.505 e. The number of ether oxygens (including phenoxy) is 3. The molecule has 0 fully saturated rings. The van der Waals surface area contributed by atoms with E-state index in [1.165, 1.54) is 6.07 Å². The summed E-state index contributed by atoms with van der Waals surface area (Å²) in [6.45, 7) is 5.47. The second kappa shape index (κ2) is 12.0. The fourth-order valence-corrected chi connectivity index (χ4v) is 4.41. The van der Waals surface area contributed by atoms with Crippen molar-refractivity contribution >= 4 is 17.9 Å². The average Bonchev–Trinajstić information content (AvgIpc) is 2.92. The molecule has 0 aliphatic carbocycles. The Kier molecular flexibility index (Phi) is 8.49. The van der Waals surface area contributed by atoms with Crippen molar-refractivity contribution in [3.05, 3.63) is 111 Å². The van der Waals surface area contributed by atoms with Gasteiger partial charge in [0, 0.05) is 0 Å². The van der Waals surface area contributed by atoms with Gasteiger partial charge in [-0.1, -0.05) is 60.1 Å². The van der Waals surface area contributed by atoms with Crippen molar-refractivity contribution in [1.29, 1.82) is 0 Å². The van der Waals surface area contributed by atoms with Crippen molar-refractivity contribution in [2.45, 2.75) is 33.7 Å². The number of aldehydes is 1. The normalized spacial score (nSPS) is 10.8. The molecular formula is C31H29ClO5. The van der Waals surface area contributed by atoms with Gasteiger partial charge >= 0.3 is 0 Å². The van der Waals surface area contributed by atoms with E-state index in [-0.39, 0.29) is 22.9 Å². The molecule has 190 valence electrons. The second-order valence-electron chi connectivity index (χ2n) is 8.74. The molecule has 0 unspecified atom stereocenters. The first-order chi connectivity index (χ1) is 17.9. The molecule has 0 atom stereocenters. The summed E-state index contributed by atoms with van der Waals surface area (Å²) in [7, 11) is 1.65. The SMILES string of the molecule is COc1ccc(COCc2cccc(-c3cccc(COc4ccc(C=O)c(O)c4Cl)c3C)c2C)cc1. The van der Waals surface area contributed by atoms with Crippen LogP contribution in [0.1, 0.15) is 38.2 Å². The number of methoxy groups -OCH3 is 1. The van der Waals surface area contributed by atoms with Crippen LogP contribution in [0.5, 0.6) is 17.2 Å². The zero-order valence-electron chi connectivity index (χ0n) is 21.1. The van der Waals surface area contributed by atoms with Crippen LogP contribution in [-0.2, 0) is 24.6 Å². The molecule has 4 aromatic carbocycles. The van der Waals surface area contributed by atoms with Crippen LogP contribution >= 0.6 is 11.6 Å². The van der Waals surface area contributed by atoms with Crippen molar-refractivity contribution in [2.75, 3.05) is 7.11 Å². The van der Waals surface area contributed by atoms with Crippen LogP contribution in [0, 0.1) is 13.8 Å². The molecule has 4 rings (SSSR count). The summed E-state index contributed by atoms with van der Waals surface area (Å²) in [4.78, 5) is 11.0. The van der Waals surface area contributed by atoms with Gasteiger partial charge in [0.15, 0.2) is 6.29 Å². The summed E-state index contributed by atoms with van der Waals surface area (Å²) in [6, 6.07) is 23.3. The highest BCUT2D eigenvalue weighted by atomic mass is 35.5. The molecule has 0 bridgehead atoms. The predicted octanol–water partition coefficient (Wildman–Crippen LogP) is 7.45. The van der Waals surface area contributed by atoms with Gasteiger partial charge in [0.2, 0.25) is 0 Å². The maximum atomic E-state index is 11.0. The van der Waals surface area contributed by atoms with E-state index in [1.54, 1.807) is 13.2 Å². The van der Waals surface area contributed by atoms with E-state index in [1.807, 2.05) is 42.5 Å². The Morgan fingerprint density at radius 3 is 2.03 bits per heavy atom. The van der Waals surface area contributed by atoms with Crippen molar-refractivity contribution in [2.24, 2.45) is 0 Å². The van der Waals surface area contributed by atoms with Gasteiger partial charge in [-0.2, -0.15) is 0 Å². The van der Waals surface area contributed by atoms with Gasteiger partial charge in [0.25, 0.3) is 0 Å². The van der Waals surface area contributed by atoms with E-state index in [0.29, 0.717) is 25.2 Å². The molecule has 0 saturated heterocycles. The summed E-state index contributed by atoms with van der Waals surface area (Å²) in [5, 5.41) is 10.1. The molecule has 5 nitrogen and oxygen atoms in total. The van der Waals surface area contributed by atoms with Gasteiger partial charge in [0.05, 0.1) is 25.9 Å². The summed E-state index contributed by atoms with van der Waals surface area (Å²) in [6.07, 6.45) is 0.555. The van der Waals surface area contributed by atoms with Gasteiger partial charge in [-0.25, -0.2) is 0 Å². The quantitative estimate of drug-likeness (QED) is 0.222. The molecule has 37 heavy (non-hydrogen) atoms. The molecule has 0 spiro atoms. The first-order valence-electron chi connectivity index (χ1n) is 11.9. The van der Waals surface area contributed by atoms with Crippen LogP contribution in [0.2, 0.25) is 5.02 Å². The highest BCUT2D eigenvalue weighted by molar-refractivity contribution is 6.33. The van der Waals surface area contributed by atoms with Crippen molar-refractivity contribution in [3.8, 4) is 28.4 Å². The van der Waals surface area contributed by atoms with Crippen LogP contribution in [0.3, 0.4) is 0 Å². The first kappa shape index (κ1) is 26.3. The maximum Gasteiger partial charge on any atom is 0.153 e. The molecule has 0 amide bonds.